The first-order valence-corrected chi connectivity index (χ1v) is 9.29. The molecule has 0 aliphatic heterocycles. The van der Waals surface area contributed by atoms with Crippen molar-refractivity contribution in [1.82, 2.24) is 4.98 Å². The van der Waals surface area contributed by atoms with Crippen LogP contribution in [0.3, 0.4) is 0 Å². The third-order valence-electron chi connectivity index (χ3n) is 3.64. The summed E-state index contributed by atoms with van der Waals surface area (Å²) in [7, 11) is 0. The van der Waals surface area contributed by atoms with Gasteiger partial charge in [0.2, 0.25) is 0 Å². The van der Waals surface area contributed by atoms with Gasteiger partial charge >= 0.3 is 5.97 Å². The first kappa shape index (κ1) is 18.6. The summed E-state index contributed by atoms with van der Waals surface area (Å²) in [5.41, 5.74) is 3.70. The minimum atomic E-state index is -0.478. The van der Waals surface area contributed by atoms with E-state index >= 15 is 0 Å². The van der Waals surface area contributed by atoms with Gasteiger partial charge in [-0.05, 0) is 37.3 Å². The fourth-order valence-corrected chi connectivity index (χ4v) is 2.91. The van der Waals surface area contributed by atoms with Crippen molar-refractivity contribution in [2.24, 2.45) is 0 Å². The molecule has 1 heterocycles. The predicted octanol–water partition coefficient (Wildman–Crippen LogP) is 4.15. The molecule has 0 bridgehead atoms. The number of hydrogen-bond donors (Lipinski definition) is 1. The number of anilines is 1. The molecule has 27 heavy (non-hydrogen) atoms. The van der Waals surface area contributed by atoms with Gasteiger partial charge in [0.25, 0.3) is 5.91 Å². The lowest BCUT2D eigenvalue weighted by molar-refractivity contribution is 0.0527. The molecule has 1 amide bonds. The zero-order chi connectivity index (χ0) is 19.1. The molecule has 0 radical (unpaired) electrons. The number of esters is 1. The molecule has 6 nitrogen and oxygen atoms in total. The van der Waals surface area contributed by atoms with Gasteiger partial charge in [0.05, 0.1) is 29.1 Å². The molecule has 7 heteroatoms. The molecule has 3 aromatic rings. The van der Waals surface area contributed by atoms with Crippen LogP contribution < -0.4 is 10.1 Å². The molecule has 1 aromatic heterocycles. The maximum atomic E-state index is 12.6. The molecule has 2 aromatic carbocycles. The van der Waals surface area contributed by atoms with Crippen LogP contribution >= 0.6 is 11.3 Å². The van der Waals surface area contributed by atoms with Crippen LogP contribution in [0.5, 0.6) is 5.75 Å². The minimum absolute atomic E-state index is 0.263. The molecule has 0 aliphatic rings. The van der Waals surface area contributed by atoms with Gasteiger partial charge in [-0.15, -0.1) is 11.3 Å². The van der Waals surface area contributed by atoms with Gasteiger partial charge < -0.3 is 14.8 Å². The highest BCUT2D eigenvalue weighted by Crippen LogP contribution is 2.20. The number of para-hydroxylation sites is 1. The van der Waals surface area contributed by atoms with Gasteiger partial charge in [-0.1, -0.05) is 18.2 Å². The van der Waals surface area contributed by atoms with Crippen molar-refractivity contribution in [3.8, 4) is 5.75 Å². The summed E-state index contributed by atoms with van der Waals surface area (Å²) in [4.78, 5) is 28.8. The average Bonchev–Trinajstić information content (AvgIpc) is 3.21. The van der Waals surface area contributed by atoms with Gasteiger partial charge in [-0.2, -0.15) is 0 Å². The Morgan fingerprint density at radius 1 is 1.15 bits per heavy atom. The zero-order valence-electron chi connectivity index (χ0n) is 14.7. The number of hydrogen-bond acceptors (Lipinski definition) is 6. The molecular formula is C20H18N2O4S. The third-order valence-corrected chi connectivity index (χ3v) is 4.27. The number of aromatic nitrogens is 1. The van der Waals surface area contributed by atoms with E-state index in [1.54, 1.807) is 61.0 Å². The predicted molar refractivity (Wildman–Crippen MR) is 103 cm³/mol. The van der Waals surface area contributed by atoms with Crippen LogP contribution in [0.4, 0.5) is 5.69 Å². The Morgan fingerprint density at radius 3 is 2.78 bits per heavy atom. The van der Waals surface area contributed by atoms with Crippen LogP contribution in [0.25, 0.3) is 0 Å². The van der Waals surface area contributed by atoms with E-state index in [0.29, 0.717) is 29.2 Å². The molecule has 3 rings (SSSR count). The van der Waals surface area contributed by atoms with E-state index in [2.05, 4.69) is 10.3 Å². The molecule has 138 valence electrons. The Balaban J connectivity index is 1.71. The second-order valence-corrected chi connectivity index (χ2v) is 6.24. The van der Waals surface area contributed by atoms with Crippen LogP contribution in [0.1, 0.15) is 33.3 Å². The number of carbonyl (C=O) groups is 2. The van der Waals surface area contributed by atoms with Gasteiger partial charge in [-0.25, -0.2) is 9.78 Å². The van der Waals surface area contributed by atoms with Crippen molar-refractivity contribution in [3.63, 3.8) is 0 Å². The van der Waals surface area contributed by atoms with E-state index in [1.807, 2.05) is 5.38 Å². The van der Waals surface area contributed by atoms with Crippen LogP contribution in [0, 0.1) is 0 Å². The number of rotatable bonds is 7. The summed E-state index contributed by atoms with van der Waals surface area (Å²) in [6, 6.07) is 13.6. The van der Waals surface area contributed by atoms with Crippen LogP contribution in [0.2, 0.25) is 0 Å². The Kier molecular flexibility index (Phi) is 6.17. The molecule has 0 atom stereocenters. The topological polar surface area (TPSA) is 77.5 Å². The van der Waals surface area contributed by atoms with Crippen LogP contribution in [0.15, 0.2) is 59.4 Å². The van der Waals surface area contributed by atoms with Gasteiger partial charge in [0.1, 0.15) is 12.4 Å². The van der Waals surface area contributed by atoms with Gasteiger partial charge in [-0.3, -0.25) is 4.79 Å². The van der Waals surface area contributed by atoms with Crippen molar-refractivity contribution < 1.29 is 19.1 Å². The first-order chi connectivity index (χ1) is 13.2. The lowest BCUT2D eigenvalue weighted by Gasteiger charge is -2.11. The van der Waals surface area contributed by atoms with E-state index < -0.39 is 5.97 Å². The quantitative estimate of drug-likeness (QED) is 0.621. The van der Waals surface area contributed by atoms with Crippen LogP contribution in [-0.4, -0.2) is 23.5 Å². The first-order valence-electron chi connectivity index (χ1n) is 8.35. The Morgan fingerprint density at radius 2 is 2.00 bits per heavy atom. The lowest BCUT2D eigenvalue weighted by atomic mass is 10.1. The Labute approximate surface area is 160 Å². The monoisotopic (exact) mass is 382 g/mol. The molecule has 1 N–H and O–H groups in total. The maximum absolute atomic E-state index is 12.6. The second-order valence-electron chi connectivity index (χ2n) is 5.52. The summed E-state index contributed by atoms with van der Waals surface area (Å²) in [6.45, 7) is 2.33. The molecular weight excluding hydrogens is 364 g/mol. The van der Waals surface area contributed by atoms with E-state index in [-0.39, 0.29) is 12.5 Å². The zero-order valence-corrected chi connectivity index (χ0v) is 15.5. The number of carbonyl (C=O) groups excluding carboxylic acids is 2. The van der Waals surface area contributed by atoms with E-state index in [4.69, 9.17) is 9.47 Å². The SMILES string of the molecule is CCOC(=O)c1ccccc1NC(=O)c1cccc(OCc2cscn2)c1. The van der Waals surface area contributed by atoms with Crippen LogP contribution in [-0.2, 0) is 11.3 Å². The fraction of sp³-hybridized carbons (Fsp3) is 0.150. The summed E-state index contributed by atoms with van der Waals surface area (Å²) >= 11 is 1.50. The average molecular weight is 382 g/mol. The highest BCUT2D eigenvalue weighted by molar-refractivity contribution is 7.07. The normalized spacial score (nSPS) is 10.3. The van der Waals surface area contributed by atoms with E-state index in [1.165, 1.54) is 11.3 Å². The minimum Gasteiger partial charge on any atom is -0.487 e. The number of nitrogens with zero attached hydrogens (tertiary/aromatic N) is 1. The molecule has 0 fully saturated rings. The highest BCUT2D eigenvalue weighted by atomic mass is 32.1. The standard InChI is InChI=1S/C20H18N2O4S/c1-2-25-20(24)17-8-3-4-9-18(17)22-19(23)14-6-5-7-16(10-14)26-11-15-12-27-13-21-15/h3-10,12-13H,2,11H2,1H3,(H,22,23). The summed E-state index contributed by atoms with van der Waals surface area (Å²) in [6.07, 6.45) is 0. The highest BCUT2D eigenvalue weighted by Gasteiger charge is 2.15. The molecule has 0 saturated carbocycles. The van der Waals surface area contributed by atoms with Crippen molar-refractivity contribution in [3.05, 3.63) is 76.2 Å². The second kappa shape index (κ2) is 8.95. The fourth-order valence-electron chi connectivity index (χ4n) is 2.37. The maximum Gasteiger partial charge on any atom is 0.340 e. The van der Waals surface area contributed by atoms with Crippen molar-refractivity contribution in [2.75, 3.05) is 11.9 Å². The van der Waals surface area contributed by atoms with Crippen molar-refractivity contribution in [1.29, 1.82) is 0 Å². The summed E-state index contributed by atoms with van der Waals surface area (Å²) in [5.74, 6) is -0.256. The smallest absolute Gasteiger partial charge is 0.340 e. The Hall–Kier alpha value is -3.19. The van der Waals surface area contributed by atoms with E-state index in [0.717, 1.165) is 5.69 Å². The lowest BCUT2D eigenvalue weighted by Crippen LogP contribution is -2.16. The number of amides is 1. The summed E-state index contributed by atoms with van der Waals surface area (Å²) < 4.78 is 10.7. The number of nitrogens with one attached hydrogen (secondary N) is 1. The number of ether oxygens (including phenoxy) is 2. The number of benzene rings is 2. The molecule has 0 aliphatic carbocycles. The number of thiazole rings is 1. The van der Waals surface area contributed by atoms with Crippen molar-refractivity contribution in [2.45, 2.75) is 13.5 Å². The van der Waals surface area contributed by atoms with E-state index in [9.17, 15) is 9.59 Å². The van der Waals surface area contributed by atoms with Gasteiger partial charge in [0.15, 0.2) is 0 Å². The molecule has 0 unspecified atom stereocenters. The third kappa shape index (κ3) is 4.92. The summed E-state index contributed by atoms with van der Waals surface area (Å²) in [5, 5.41) is 4.66. The van der Waals surface area contributed by atoms with Gasteiger partial charge in [0, 0.05) is 10.9 Å². The molecule has 0 spiro atoms. The van der Waals surface area contributed by atoms with Crippen molar-refractivity contribution >= 4 is 28.9 Å². The largest absolute Gasteiger partial charge is 0.487 e. The molecule has 0 saturated heterocycles. The Bertz CT molecular complexity index is 925.